The topological polar surface area (TPSA) is 76.8 Å². The molecule has 1 aliphatic rings. The van der Waals surface area contributed by atoms with Crippen LogP contribution in [0.4, 0.5) is 5.69 Å². The molecule has 1 aromatic rings. The normalized spacial score (nSPS) is 18.9. The van der Waals surface area contributed by atoms with Gasteiger partial charge in [0, 0.05) is 18.7 Å². The number of nitrogens with one attached hydrogen (secondary N) is 1. The number of nitrogens with two attached hydrogens (primary N) is 1. The molecule has 0 radical (unpaired) electrons. The summed E-state index contributed by atoms with van der Waals surface area (Å²) in [7, 11) is 5.09. The number of nitrogens with zero attached hydrogens (tertiary/aromatic N) is 1. The SMILES string of the molecule is COc1cc(OC)c(N)c(C(=O)NC2CCN(C)C2)c1. The van der Waals surface area contributed by atoms with Crippen LogP contribution in [0.5, 0.6) is 11.5 Å². The van der Waals surface area contributed by atoms with Crippen LogP contribution in [-0.4, -0.2) is 51.2 Å². The van der Waals surface area contributed by atoms with E-state index in [4.69, 9.17) is 15.2 Å². The lowest BCUT2D eigenvalue weighted by Crippen LogP contribution is -2.36. The third kappa shape index (κ3) is 2.96. The third-order valence-corrected chi connectivity index (χ3v) is 3.54. The van der Waals surface area contributed by atoms with Gasteiger partial charge in [0.2, 0.25) is 0 Å². The maximum Gasteiger partial charge on any atom is 0.253 e. The molecule has 1 unspecified atom stereocenters. The Balaban J connectivity index is 2.20. The van der Waals surface area contributed by atoms with Gasteiger partial charge in [-0.15, -0.1) is 0 Å². The molecule has 2 rings (SSSR count). The molecule has 110 valence electrons. The first-order valence-electron chi connectivity index (χ1n) is 6.56. The van der Waals surface area contributed by atoms with Crippen LogP contribution in [0, 0.1) is 0 Å². The first-order chi connectivity index (χ1) is 9.55. The number of hydrogen-bond donors (Lipinski definition) is 2. The molecule has 1 amide bonds. The van der Waals surface area contributed by atoms with Crippen molar-refractivity contribution in [2.45, 2.75) is 12.5 Å². The molecule has 20 heavy (non-hydrogen) atoms. The molecule has 6 heteroatoms. The van der Waals surface area contributed by atoms with E-state index in [2.05, 4.69) is 10.2 Å². The first kappa shape index (κ1) is 14.5. The van der Waals surface area contributed by atoms with Crippen LogP contribution < -0.4 is 20.5 Å². The highest BCUT2D eigenvalue weighted by Gasteiger charge is 2.23. The second kappa shape index (κ2) is 6.00. The van der Waals surface area contributed by atoms with Crippen molar-refractivity contribution >= 4 is 11.6 Å². The Kier molecular flexibility index (Phi) is 4.34. The van der Waals surface area contributed by atoms with Gasteiger partial charge in [-0.05, 0) is 26.1 Å². The lowest BCUT2D eigenvalue weighted by molar-refractivity contribution is 0.0938. The van der Waals surface area contributed by atoms with E-state index in [-0.39, 0.29) is 11.9 Å². The number of methoxy groups -OCH3 is 2. The highest BCUT2D eigenvalue weighted by molar-refractivity contribution is 6.01. The van der Waals surface area contributed by atoms with Crippen molar-refractivity contribution in [3.8, 4) is 11.5 Å². The summed E-state index contributed by atoms with van der Waals surface area (Å²) >= 11 is 0. The zero-order chi connectivity index (χ0) is 14.7. The lowest BCUT2D eigenvalue weighted by Gasteiger charge is -2.16. The fourth-order valence-electron chi connectivity index (χ4n) is 2.39. The number of nitrogen functional groups attached to an aromatic ring is 1. The second-order valence-corrected chi connectivity index (χ2v) is 5.01. The third-order valence-electron chi connectivity index (χ3n) is 3.54. The highest BCUT2D eigenvalue weighted by Crippen LogP contribution is 2.31. The number of amides is 1. The molecule has 0 aliphatic carbocycles. The van der Waals surface area contributed by atoms with Crippen molar-refractivity contribution in [3.05, 3.63) is 17.7 Å². The summed E-state index contributed by atoms with van der Waals surface area (Å²) in [4.78, 5) is 14.5. The molecule has 3 N–H and O–H groups in total. The number of ether oxygens (including phenoxy) is 2. The summed E-state index contributed by atoms with van der Waals surface area (Å²) in [5, 5.41) is 3.00. The molecule has 0 bridgehead atoms. The van der Waals surface area contributed by atoms with Gasteiger partial charge in [-0.25, -0.2) is 0 Å². The molecule has 1 heterocycles. The minimum Gasteiger partial charge on any atom is -0.497 e. The van der Waals surface area contributed by atoms with Crippen molar-refractivity contribution in [1.82, 2.24) is 10.2 Å². The number of carbonyl (C=O) groups excluding carboxylic acids is 1. The number of likely N-dealkylation sites (N-methyl/N-ethyl adjacent to an activating group) is 1. The van der Waals surface area contributed by atoms with Gasteiger partial charge in [0.05, 0.1) is 25.5 Å². The molecule has 1 fully saturated rings. The van der Waals surface area contributed by atoms with Crippen LogP contribution >= 0.6 is 0 Å². The maximum atomic E-state index is 12.3. The Morgan fingerprint density at radius 1 is 1.40 bits per heavy atom. The Morgan fingerprint density at radius 3 is 2.70 bits per heavy atom. The summed E-state index contributed by atoms with van der Waals surface area (Å²) in [5.74, 6) is 0.794. The Labute approximate surface area is 118 Å². The number of likely N-dealkylation sites (tertiary alicyclic amines) is 1. The van der Waals surface area contributed by atoms with E-state index in [0.29, 0.717) is 22.7 Å². The molecule has 0 aromatic heterocycles. The van der Waals surface area contributed by atoms with Crippen LogP contribution in [0.2, 0.25) is 0 Å². The van der Waals surface area contributed by atoms with E-state index in [0.717, 1.165) is 19.5 Å². The van der Waals surface area contributed by atoms with Crippen molar-refractivity contribution < 1.29 is 14.3 Å². The summed E-state index contributed by atoms with van der Waals surface area (Å²) < 4.78 is 10.3. The quantitative estimate of drug-likeness (QED) is 0.794. The predicted octanol–water partition coefficient (Wildman–Crippen LogP) is 0.720. The molecule has 1 atom stereocenters. The van der Waals surface area contributed by atoms with Gasteiger partial charge in [0.1, 0.15) is 11.5 Å². The number of carbonyl (C=O) groups is 1. The number of hydrogen-bond acceptors (Lipinski definition) is 5. The largest absolute Gasteiger partial charge is 0.497 e. The van der Waals surface area contributed by atoms with E-state index < -0.39 is 0 Å². The Hall–Kier alpha value is -1.95. The fourth-order valence-corrected chi connectivity index (χ4v) is 2.39. The fraction of sp³-hybridized carbons (Fsp3) is 0.500. The van der Waals surface area contributed by atoms with Crippen LogP contribution in [0.3, 0.4) is 0 Å². The van der Waals surface area contributed by atoms with Crippen LogP contribution in [-0.2, 0) is 0 Å². The second-order valence-electron chi connectivity index (χ2n) is 5.01. The average molecular weight is 279 g/mol. The van der Waals surface area contributed by atoms with Gasteiger partial charge < -0.3 is 25.4 Å². The van der Waals surface area contributed by atoms with Gasteiger partial charge in [-0.2, -0.15) is 0 Å². The van der Waals surface area contributed by atoms with E-state index in [1.165, 1.54) is 7.11 Å². The minimum absolute atomic E-state index is 0.157. The number of anilines is 1. The maximum absolute atomic E-state index is 12.3. The first-order valence-corrected chi connectivity index (χ1v) is 6.56. The summed E-state index contributed by atoms with van der Waals surface area (Å²) in [5.41, 5.74) is 6.68. The Bertz CT molecular complexity index is 505. The summed E-state index contributed by atoms with van der Waals surface area (Å²) in [6.45, 7) is 1.84. The molecule has 0 spiro atoms. The number of rotatable bonds is 4. The monoisotopic (exact) mass is 279 g/mol. The smallest absolute Gasteiger partial charge is 0.253 e. The average Bonchev–Trinajstić information content (AvgIpc) is 2.84. The molecule has 0 saturated carbocycles. The van der Waals surface area contributed by atoms with E-state index in [9.17, 15) is 4.79 Å². The summed E-state index contributed by atoms with van der Waals surface area (Å²) in [6, 6.07) is 3.45. The van der Waals surface area contributed by atoms with Gasteiger partial charge in [0.25, 0.3) is 5.91 Å². The van der Waals surface area contributed by atoms with Gasteiger partial charge in [-0.3, -0.25) is 4.79 Å². The zero-order valence-electron chi connectivity index (χ0n) is 12.1. The van der Waals surface area contributed by atoms with Crippen LogP contribution in [0.15, 0.2) is 12.1 Å². The zero-order valence-corrected chi connectivity index (χ0v) is 12.1. The van der Waals surface area contributed by atoms with E-state index in [1.807, 2.05) is 7.05 Å². The van der Waals surface area contributed by atoms with Gasteiger partial charge in [0.15, 0.2) is 0 Å². The predicted molar refractivity (Wildman–Crippen MR) is 77.3 cm³/mol. The molecular weight excluding hydrogens is 258 g/mol. The number of benzene rings is 1. The van der Waals surface area contributed by atoms with Crippen LogP contribution in [0.25, 0.3) is 0 Å². The molecule has 1 aromatic carbocycles. The summed E-state index contributed by atoms with van der Waals surface area (Å²) in [6.07, 6.45) is 0.948. The molecule has 1 aliphatic heterocycles. The molecular formula is C14H21N3O3. The lowest BCUT2D eigenvalue weighted by atomic mass is 10.1. The standard InChI is InChI=1S/C14H21N3O3/c1-17-5-4-9(8-17)16-14(18)11-6-10(19-2)7-12(20-3)13(11)15/h6-7,9H,4-5,8,15H2,1-3H3,(H,16,18). The van der Waals surface area contributed by atoms with E-state index in [1.54, 1.807) is 19.2 Å². The van der Waals surface area contributed by atoms with E-state index >= 15 is 0 Å². The van der Waals surface area contributed by atoms with Crippen molar-refractivity contribution in [3.63, 3.8) is 0 Å². The van der Waals surface area contributed by atoms with Gasteiger partial charge >= 0.3 is 0 Å². The minimum atomic E-state index is -0.194. The molecule has 6 nitrogen and oxygen atoms in total. The highest BCUT2D eigenvalue weighted by atomic mass is 16.5. The van der Waals surface area contributed by atoms with Crippen molar-refractivity contribution in [1.29, 1.82) is 0 Å². The molecule has 1 saturated heterocycles. The van der Waals surface area contributed by atoms with Crippen molar-refractivity contribution in [2.24, 2.45) is 0 Å². The van der Waals surface area contributed by atoms with Crippen molar-refractivity contribution in [2.75, 3.05) is 40.1 Å². The Morgan fingerprint density at radius 2 is 2.15 bits per heavy atom. The van der Waals surface area contributed by atoms with Gasteiger partial charge in [-0.1, -0.05) is 0 Å². The van der Waals surface area contributed by atoms with Crippen LogP contribution in [0.1, 0.15) is 16.8 Å².